The molecule has 3 rings (SSSR count). The third-order valence-electron chi connectivity index (χ3n) is 4.06. The number of sulfonamides is 1. The fourth-order valence-corrected chi connectivity index (χ4v) is 5.13. The predicted molar refractivity (Wildman–Crippen MR) is 98.5 cm³/mol. The summed E-state index contributed by atoms with van der Waals surface area (Å²) in [7, 11) is -3.63. The lowest BCUT2D eigenvalue weighted by atomic mass is 10.1. The SMILES string of the molecule is O=C(O)c1ccc(CNC(=O)c2cc(S(=O)(=O)N3CCOCC3)cs2)cc1. The van der Waals surface area contributed by atoms with Gasteiger partial charge in [0.25, 0.3) is 5.91 Å². The molecule has 1 fully saturated rings. The first kappa shape index (κ1) is 19.5. The number of ether oxygens (including phenoxy) is 1. The minimum absolute atomic E-state index is 0.102. The Hall–Kier alpha value is -2.27. The maximum atomic E-state index is 12.6. The van der Waals surface area contributed by atoms with Crippen molar-refractivity contribution < 1.29 is 27.9 Å². The van der Waals surface area contributed by atoms with Crippen LogP contribution in [-0.2, 0) is 21.3 Å². The van der Waals surface area contributed by atoms with Gasteiger partial charge in [0.05, 0.1) is 28.5 Å². The molecule has 1 aliphatic heterocycles. The number of morpholine rings is 1. The van der Waals surface area contributed by atoms with E-state index in [1.165, 1.54) is 27.9 Å². The summed E-state index contributed by atoms with van der Waals surface area (Å²) in [4.78, 5) is 23.5. The van der Waals surface area contributed by atoms with Crippen LogP contribution in [-0.4, -0.2) is 56.0 Å². The Bertz CT molecular complexity index is 931. The molecule has 10 heteroatoms. The molecular formula is C17H18N2O6S2. The zero-order chi connectivity index (χ0) is 19.4. The Labute approximate surface area is 160 Å². The van der Waals surface area contributed by atoms with E-state index in [0.717, 1.165) is 16.9 Å². The molecule has 1 amide bonds. The Morgan fingerprint density at radius 3 is 2.48 bits per heavy atom. The molecule has 1 aliphatic rings. The second kappa shape index (κ2) is 8.17. The number of rotatable bonds is 6. The highest BCUT2D eigenvalue weighted by Gasteiger charge is 2.28. The Morgan fingerprint density at radius 2 is 1.85 bits per heavy atom. The number of nitrogens with zero attached hydrogens (tertiary/aromatic N) is 1. The van der Waals surface area contributed by atoms with E-state index in [-0.39, 0.29) is 22.9 Å². The van der Waals surface area contributed by atoms with E-state index in [1.807, 2.05) is 0 Å². The van der Waals surface area contributed by atoms with Gasteiger partial charge in [-0.25, -0.2) is 13.2 Å². The average Bonchev–Trinajstić information content (AvgIpc) is 3.18. The van der Waals surface area contributed by atoms with Crippen LogP contribution in [0.3, 0.4) is 0 Å². The van der Waals surface area contributed by atoms with Crippen molar-refractivity contribution in [2.45, 2.75) is 11.4 Å². The molecule has 144 valence electrons. The zero-order valence-electron chi connectivity index (χ0n) is 14.3. The van der Waals surface area contributed by atoms with Crippen LogP contribution in [0.4, 0.5) is 0 Å². The maximum absolute atomic E-state index is 12.6. The van der Waals surface area contributed by atoms with Crippen LogP contribution in [0, 0.1) is 0 Å². The van der Waals surface area contributed by atoms with E-state index >= 15 is 0 Å². The first-order valence-electron chi connectivity index (χ1n) is 8.15. The lowest BCUT2D eigenvalue weighted by Gasteiger charge is -2.25. The lowest BCUT2D eigenvalue weighted by molar-refractivity contribution is 0.0696. The molecule has 0 bridgehead atoms. The van der Waals surface area contributed by atoms with Gasteiger partial charge >= 0.3 is 5.97 Å². The van der Waals surface area contributed by atoms with Crippen LogP contribution in [0.2, 0.25) is 0 Å². The fraction of sp³-hybridized carbons (Fsp3) is 0.294. The van der Waals surface area contributed by atoms with Crippen molar-refractivity contribution in [1.82, 2.24) is 9.62 Å². The quantitative estimate of drug-likeness (QED) is 0.744. The topological polar surface area (TPSA) is 113 Å². The first-order valence-corrected chi connectivity index (χ1v) is 10.5. The third kappa shape index (κ3) is 4.53. The van der Waals surface area contributed by atoms with Crippen molar-refractivity contribution in [2.75, 3.05) is 26.3 Å². The number of aromatic carboxylic acids is 1. The minimum atomic E-state index is -3.63. The van der Waals surface area contributed by atoms with Crippen molar-refractivity contribution in [3.63, 3.8) is 0 Å². The molecule has 0 unspecified atom stereocenters. The van der Waals surface area contributed by atoms with Crippen LogP contribution in [0.5, 0.6) is 0 Å². The van der Waals surface area contributed by atoms with Gasteiger partial charge in [-0.3, -0.25) is 4.79 Å². The number of carbonyl (C=O) groups is 2. The van der Waals surface area contributed by atoms with Gasteiger partial charge in [0.2, 0.25) is 10.0 Å². The van der Waals surface area contributed by atoms with Crippen molar-refractivity contribution in [3.8, 4) is 0 Å². The van der Waals surface area contributed by atoms with E-state index in [0.29, 0.717) is 31.2 Å². The van der Waals surface area contributed by atoms with E-state index in [9.17, 15) is 18.0 Å². The molecule has 2 heterocycles. The van der Waals surface area contributed by atoms with Gasteiger partial charge in [-0.05, 0) is 23.8 Å². The fourth-order valence-electron chi connectivity index (χ4n) is 2.54. The second-order valence-electron chi connectivity index (χ2n) is 5.85. The first-order chi connectivity index (χ1) is 12.9. The molecule has 2 aromatic rings. The third-order valence-corrected chi connectivity index (χ3v) is 7.02. The molecule has 1 aromatic heterocycles. The molecule has 1 saturated heterocycles. The number of hydrogen-bond acceptors (Lipinski definition) is 6. The summed E-state index contributed by atoms with van der Waals surface area (Å²) in [5.74, 6) is -1.40. The van der Waals surface area contributed by atoms with Gasteiger partial charge < -0.3 is 15.2 Å². The second-order valence-corrected chi connectivity index (χ2v) is 8.70. The number of carbonyl (C=O) groups excluding carboxylic acids is 1. The number of amides is 1. The van der Waals surface area contributed by atoms with E-state index < -0.39 is 16.0 Å². The smallest absolute Gasteiger partial charge is 0.335 e. The normalized spacial score (nSPS) is 15.4. The van der Waals surface area contributed by atoms with Crippen LogP contribution in [0.1, 0.15) is 25.6 Å². The molecule has 0 aliphatic carbocycles. The Morgan fingerprint density at radius 1 is 1.19 bits per heavy atom. The van der Waals surface area contributed by atoms with Gasteiger partial charge in [-0.15, -0.1) is 11.3 Å². The highest BCUT2D eigenvalue weighted by molar-refractivity contribution is 7.89. The summed E-state index contributed by atoms with van der Waals surface area (Å²) >= 11 is 1.06. The van der Waals surface area contributed by atoms with E-state index in [4.69, 9.17) is 9.84 Å². The molecule has 27 heavy (non-hydrogen) atoms. The number of carboxylic acid groups (broad SMARTS) is 1. The van der Waals surface area contributed by atoms with Crippen molar-refractivity contribution in [2.24, 2.45) is 0 Å². The number of thiophene rings is 1. The molecule has 0 saturated carbocycles. The minimum Gasteiger partial charge on any atom is -0.478 e. The molecular weight excluding hydrogens is 392 g/mol. The van der Waals surface area contributed by atoms with Crippen LogP contribution in [0.15, 0.2) is 40.6 Å². The molecule has 0 atom stereocenters. The van der Waals surface area contributed by atoms with Gasteiger partial charge in [0.1, 0.15) is 0 Å². The number of benzene rings is 1. The molecule has 2 N–H and O–H groups in total. The van der Waals surface area contributed by atoms with Gasteiger partial charge in [0.15, 0.2) is 0 Å². The summed E-state index contributed by atoms with van der Waals surface area (Å²) in [6.45, 7) is 1.52. The summed E-state index contributed by atoms with van der Waals surface area (Å²) in [5.41, 5.74) is 0.910. The summed E-state index contributed by atoms with van der Waals surface area (Å²) in [6.07, 6.45) is 0. The average molecular weight is 410 g/mol. The van der Waals surface area contributed by atoms with Gasteiger partial charge in [0, 0.05) is 25.0 Å². The number of hydrogen-bond donors (Lipinski definition) is 2. The molecule has 8 nitrogen and oxygen atoms in total. The van der Waals surface area contributed by atoms with Crippen molar-refractivity contribution in [3.05, 3.63) is 51.7 Å². The van der Waals surface area contributed by atoms with E-state index in [1.54, 1.807) is 12.1 Å². The summed E-state index contributed by atoms with van der Waals surface area (Å²) in [5, 5.41) is 13.0. The van der Waals surface area contributed by atoms with Crippen LogP contribution < -0.4 is 5.32 Å². The predicted octanol–water partition coefficient (Wildman–Crippen LogP) is 1.40. The highest BCUT2D eigenvalue weighted by atomic mass is 32.2. The summed E-state index contributed by atoms with van der Waals surface area (Å²) < 4.78 is 31.7. The monoisotopic (exact) mass is 410 g/mol. The van der Waals surface area contributed by atoms with Crippen molar-refractivity contribution in [1.29, 1.82) is 0 Å². The summed E-state index contributed by atoms with van der Waals surface area (Å²) in [6, 6.07) is 7.53. The Kier molecular flexibility index (Phi) is 5.90. The zero-order valence-corrected chi connectivity index (χ0v) is 15.9. The standard InChI is InChI=1S/C17H18N2O6S2/c20-16(18-10-12-1-3-13(4-2-12)17(21)22)15-9-14(11-26-15)27(23,24)19-5-7-25-8-6-19/h1-4,9,11H,5-8,10H2,(H,18,20)(H,21,22). The van der Waals surface area contributed by atoms with Crippen molar-refractivity contribution >= 4 is 33.2 Å². The molecule has 0 radical (unpaired) electrons. The number of carboxylic acids is 1. The Balaban J connectivity index is 1.63. The largest absolute Gasteiger partial charge is 0.478 e. The van der Waals surface area contributed by atoms with Gasteiger partial charge in [-0.1, -0.05) is 12.1 Å². The lowest BCUT2D eigenvalue weighted by Crippen LogP contribution is -2.40. The van der Waals surface area contributed by atoms with E-state index in [2.05, 4.69) is 5.32 Å². The number of nitrogens with one attached hydrogen (secondary N) is 1. The molecule has 1 aromatic carbocycles. The maximum Gasteiger partial charge on any atom is 0.335 e. The van der Waals surface area contributed by atoms with Crippen LogP contribution >= 0.6 is 11.3 Å². The van der Waals surface area contributed by atoms with Crippen LogP contribution in [0.25, 0.3) is 0 Å². The highest BCUT2D eigenvalue weighted by Crippen LogP contribution is 2.23. The molecule has 0 spiro atoms. The van der Waals surface area contributed by atoms with Gasteiger partial charge in [-0.2, -0.15) is 4.31 Å².